The summed E-state index contributed by atoms with van der Waals surface area (Å²) in [5.41, 5.74) is 1.92. The highest BCUT2D eigenvalue weighted by molar-refractivity contribution is 7.21. The second kappa shape index (κ2) is 10.1. The Hall–Kier alpha value is -3.64. The summed E-state index contributed by atoms with van der Waals surface area (Å²) in [6.45, 7) is 6.45. The molecular formula is C22H25N7O4S. The minimum Gasteiger partial charge on any atom is -0.490 e. The molecule has 178 valence electrons. The summed E-state index contributed by atoms with van der Waals surface area (Å²) >= 11 is 1.27. The second-order valence-electron chi connectivity index (χ2n) is 8.42. The summed E-state index contributed by atoms with van der Waals surface area (Å²) in [5.74, 6) is 1.66. The van der Waals surface area contributed by atoms with E-state index >= 15 is 0 Å². The number of urea groups is 1. The zero-order valence-electron chi connectivity index (χ0n) is 19.0. The highest BCUT2D eigenvalue weighted by Crippen LogP contribution is 2.28. The van der Waals surface area contributed by atoms with Crippen LogP contribution in [0.2, 0.25) is 0 Å². The van der Waals surface area contributed by atoms with Gasteiger partial charge in [-0.2, -0.15) is 4.98 Å². The van der Waals surface area contributed by atoms with E-state index in [4.69, 9.17) is 14.4 Å². The lowest BCUT2D eigenvalue weighted by atomic mass is 9.97. The molecule has 0 aliphatic carbocycles. The minimum absolute atomic E-state index is 0.0755. The van der Waals surface area contributed by atoms with Crippen molar-refractivity contribution < 1.29 is 19.2 Å². The number of hydrogen-bond acceptors (Lipinski definition) is 10. The first kappa shape index (κ1) is 23.5. The van der Waals surface area contributed by atoms with E-state index in [1.807, 2.05) is 32.9 Å². The number of thiazole rings is 1. The van der Waals surface area contributed by atoms with Gasteiger partial charge >= 0.3 is 6.03 Å². The molecule has 0 aliphatic rings. The number of fused-ring (bicyclic) bond motifs is 1. The normalized spacial score (nSPS) is 11.5. The number of ether oxygens (including phenoxy) is 1. The fourth-order valence-electron chi connectivity index (χ4n) is 2.92. The lowest BCUT2D eigenvalue weighted by Gasteiger charge is -2.10. The smallest absolute Gasteiger partial charge is 0.321 e. The molecule has 0 bridgehead atoms. The molecule has 3 N–H and O–H groups in total. The molecular weight excluding hydrogens is 458 g/mol. The van der Waals surface area contributed by atoms with Crippen molar-refractivity contribution in [3.05, 3.63) is 42.3 Å². The Labute approximate surface area is 199 Å². The maximum Gasteiger partial charge on any atom is 0.321 e. The summed E-state index contributed by atoms with van der Waals surface area (Å²) in [7, 11) is 0. The van der Waals surface area contributed by atoms with Crippen LogP contribution in [0.1, 0.15) is 32.5 Å². The average molecular weight is 484 g/mol. The average Bonchev–Trinajstić information content (AvgIpc) is 3.44. The minimum atomic E-state index is -0.378. The van der Waals surface area contributed by atoms with E-state index in [0.717, 1.165) is 5.56 Å². The Morgan fingerprint density at radius 1 is 1.21 bits per heavy atom. The summed E-state index contributed by atoms with van der Waals surface area (Å²) in [5, 5.41) is 18.8. The molecule has 2 amide bonds. The molecule has 34 heavy (non-hydrogen) atoms. The molecule has 0 saturated heterocycles. The zero-order chi connectivity index (χ0) is 24.1. The van der Waals surface area contributed by atoms with Gasteiger partial charge < -0.3 is 19.7 Å². The summed E-state index contributed by atoms with van der Waals surface area (Å²) in [6, 6.07) is 5.09. The fourth-order valence-corrected chi connectivity index (χ4v) is 3.76. The predicted octanol–water partition coefficient (Wildman–Crippen LogP) is 3.17. The molecule has 0 aromatic carbocycles. The van der Waals surface area contributed by atoms with Gasteiger partial charge in [0.2, 0.25) is 5.89 Å². The van der Waals surface area contributed by atoms with Crippen molar-refractivity contribution in [2.24, 2.45) is 0 Å². The Balaban J connectivity index is 1.35. The molecule has 4 aromatic heterocycles. The lowest BCUT2D eigenvalue weighted by Crippen LogP contribution is -2.30. The van der Waals surface area contributed by atoms with Crippen LogP contribution in [0.5, 0.6) is 5.75 Å². The van der Waals surface area contributed by atoms with Gasteiger partial charge in [0, 0.05) is 30.1 Å². The van der Waals surface area contributed by atoms with E-state index in [1.54, 1.807) is 18.5 Å². The number of anilines is 1. The molecule has 0 aliphatic heterocycles. The van der Waals surface area contributed by atoms with Gasteiger partial charge in [-0.15, -0.1) is 0 Å². The lowest BCUT2D eigenvalue weighted by molar-refractivity contribution is 0.201. The SMILES string of the molecule is CC(C)(C)c1nc(CCNC(=O)Nc2nc3ccc(-c4cncc(OCCO)c4)nc3s2)no1. The second-order valence-corrected chi connectivity index (χ2v) is 9.40. The Morgan fingerprint density at radius 2 is 2.06 bits per heavy atom. The first-order chi connectivity index (χ1) is 16.3. The Kier molecular flexibility index (Phi) is 6.98. The third-order valence-electron chi connectivity index (χ3n) is 4.59. The third-order valence-corrected chi connectivity index (χ3v) is 5.47. The number of carbonyl (C=O) groups is 1. The highest BCUT2D eigenvalue weighted by Gasteiger charge is 2.21. The molecule has 4 heterocycles. The Morgan fingerprint density at radius 3 is 2.82 bits per heavy atom. The van der Waals surface area contributed by atoms with E-state index < -0.39 is 0 Å². The first-order valence-corrected chi connectivity index (χ1v) is 11.5. The number of pyridine rings is 2. The van der Waals surface area contributed by atoms with Gasteiger partial charge in [0.05, 0.1) is 18.5 Å². The maximum atomic E-state index is 12.3. The number of aliphatic hydroxyl groups excluding tert-OH is 1. The number of hydrogen-bond donors (Lipinski definition) is 3. The van der Waals surface area contributed by atoms with Crippen molar-refractivity contribution in [3.8, 4) is 17.0 Å². The highest BCUT2D eigenvalue weighted by atomic mass is 32.1. The van der Waals surface area contributed by atoms with E-state index in [2.05, 4.69) is 35.7 Å². The number of carbonyl (C=O) groups excluding carboxylic acids is 1. The van der Waals surface area contributed by atoms with Crippen LogP contribution in [-0.2, 0) is 11.8 Å². The monoisotopic (exact) mass is 483 g/mol. The van der Waals surface area contributed by atoms with Crippen LogP contribution in [0.3, 0.4) is 0 Å². The van der Waals surface area contributed by atoms with Crippen LogP contribution in [0.4, 0.5) is 9.93 Å². The van der Waals surface area contributed by atoms with Gasteiger partial charge in [-0.1, -0.05) is 37.3 Å². The van der Waals surface area contributed by atoms with Gasteiger partial charge in [0.1, 0.15) is 22.7 Å². The van der Waals surface area contributed by atoms with Crippen molar-refractivity contribution in [2.75, 3.05) is 25.1 Å². The molecule has 4 rings (SSSR count). The van der Waals surface area contributed by atoms with Gasteiger partial charge in [-0.3, -0.25) is 10.3 Å². The van der Waals surface area contributed by atoms with Crippen molar-refractivity contribution in [2.45, 2.75) is 32.6 Å². The van der Waals surface area contributed by atoms with Gasteiger partial charge in [0.15, 0.2) is 11.0 Å². The summed E-state index contributed by atoms with van der Waals surface area (Å²) in [4.78, 5) is 30.5. The van der Waals surface area contributed by atoms with Crippen molar-refractivity contribution in [3.63, 3.8) is 0 Å². The molecule has 0 unspecified atom stereocenters. The maximum absolute atomic E-state index is 12.3. The molecule has 4 aromatic rings. The fraction of sp³-hybridized carbons (Fsp3) is 0.364. The molecule has 0 spiro atoms. The summed E-state index contributed by atoms with van der Waals surface area (Å²) < 4.78 is 10.7. The molecule has 0 fully saturated rings. The first-order valence-electron chi connectivity index (χ1n) is 10.7. The van der Waals surface area contributed by atoms with E-state index in [9.17, 15) is 4.79 Å². The largest absolute Gasteiger partial charge is 0.490 e. The number of amides is 2. The quantitative estimate of drug-likeness (QED) is 0.343. The van der Waals surface area contributed by atoms with Crippen molar-refractivity contribution in [1.82, 2.24) is 30.4 Å². The zero-order valence-corrected chi connectivity index (χ0v) is 19.8. The Bertz CT molecular complexity index is 1280. The van der Waals surface area contributed by atoms with Crippen molar-refractivity contribution in [1.29, 1.82) is 0 Å². The predicted molar refractivity (Wildman–Crippen MR) is 127 cm³/mol. The van der Waals surface area contributed by atoms with Gasteiger partial charge in [0.25, 0.3) is 0 Å². The van der Waals surface area contributed by atoms with Gasteiger partial charge in [-0.25, -0.2) is 14.8 Å². The number of nitrogens with one attached hydrogen (secondary N) is 2. The van der Waals surface area contributed by atoms with E-state index in [-0.39, 0.29) is 24.7 Å². The molecule has 11 nitrogen and oxygen atoms in total. The van der Waals surface area contributed by atoms with Crippen molar-refractivity contribution >= 4 is 32.8 Å². The molecule has 0 radical (unpaired) electrons. The number of aromatic nitrogens is 5. The van der Waals surface area contributed by atoms with Crippen LogP contribution >= 0.6 is 11.3 Å². The van der Waals surface area contributed by atoms with Crippen LogP contribution in [-0.4, -0.2) is 56.0 Å². The number of nitrogens with zero attached hydrogens (tertiary/aromatic N) is 5. The third kappa shape index (κ3) is 5.83. The molecule has 0 atom stereocenters. The molecule has 12 heteroatoms. The standard InChI is InChI=1S/C22H25N7O4S/c1-22(2,3)19-27-17(29-33-19)6-7-24-20(31)28-21-26-16-5-4-15(25-18(16)34-21)13-10-14(12-23-11-13)32-9-8-30/h4-5,10-12,30H,6-9H2,1-3H3,(H2,24,26,28,31). The van der Waals surface area contributed by atoms with Crippen LogP contribution in [0.15, 0.2) is 35.1 Å². The van der Waals surface area contributed by atoms with Crippen LogP contribution in [0, 0.1) is 0 Å². The topological polar surface area (TPSA) is 148 Å². The van der Waals surface area contributed by atoms with E-state index in [1.165, 1.54) is 11.3 Å². The number of rotatable bonds is 8. The van der Waals surface area contributed by atoms with Gasteiger partial charge in [-0.05, 0) is 18.2 Å². The van der Waals surface area contributed by atoms with Crippen LogP contribution in [0.25, 0.3) is 21.6 Å². The van der Waals surface area contributed by atoms with Crippen LogP contribution < -0.4 is 15.4 Å². The number of aliphatic hydroxyl groups is 1. The molecule has 0 saturated carbocycles. The summed E-state index contributed by atoms with van der Waals surface area (Å²) in [6.07, 6.45) is 3.71. The van der Waals surface area contributed by atoms with E-state index in [0.29, 0.717) is 51.6 Å².